The van der Waals surface area contributed by atoms with Crippen molar-refractivity contribution in [2.75, 3.05) is 0 Å². The van der Waals surface area contributed by atoms with Crippen molar-refractivity contribution in [3.8, 4) is 11.8 Å². The second-order valence-corrected chi connectivity index (χ2v) is 6.26. The van der Waals surface area contributed by atoms with Gasteiger partial charge in [-0.3, -0.25) is 0 Å². The van der Waals surface area contributed by atoms with Crippen molar-refractivity contribution in [2.45, 2.75) is 90.9 Å². The van der Waals surface area contributed by atoms with Crippen molar-refractivity contribution in [1.29, 1.82) is 0 Å². The summed E-state index contributed by atoms with van der Waals surface area (Å²) < 4.78 is 0. The fraction of sp³-hybridized carbons (Fsp3) is 0.800. The van der Waals surface area contributed by atoms with E-state index in [0.29, 0.717) is 0 Å². The predicted molar refractivity (Wildman–Crippen MR) is 92.2 cm³/mol. The molecular weight excluding hydrogens is 240 g/mol. The summed E-state index contributed by atoms with van der Waals surface area (Å²) in [6.45, 7) is 12.5. The maximum absolute atomic E-state index is 3.96. The molecule has 0 bridgehead atoms. The summed E-state index contributed by atoms with van der Waals surface area (Å²) in [6.07, 6.45) is 14.9. The summed E-state index contributed by atoms with van der Waals surface area (Å²) in [5, 5.41) is 0. The minimum absolute atomic E-state index is 0.834. The molecule has 0 spiro atoms. The van der Waals surface area contributed by atoms with Gasteiger partial charge in [-0.2, -0.15) is 0 Å². The smallest absolute Gasteiger partial charge is 0.00886 e. The van der Waals surface area contributed by atoms with Crippen LogP contribution in [-0.4, -0.2) is 0 Å². The molecule has 0 aromatic heterocycles. The first-order valence-corrected chi connectivity index (χ1v) is 8.76. The van der Waals surface area contributed by atoms with E-state index in [1.807, 2.05) is 0 Å². The van der Waals surface area contributed by atoms with E-state index < -0.39 is 0 Å². The highest BCUT2D eigenvalue weighted by Crippen LogP contribution is 2.24. The quantitative estimate of drug-likeness (QED) is 0.278. The zero-order valence-corrected chi connectivity index (χ0v) is 14.1. The highest BCUT2D eigenvalue weighted by molar-refractivity contribution is 4.98. The fourth-order valence-corrected chi connectivity index (χ4v) is 2.58. The molecule has 0 aliphatic carbocycles. The molecule has 1 unspecified atom stereocenters. The minimum atomic E-state index is 0.834. The number of hydrogen-bond acceptors (Lipinski definition) is 0. The Morgan fingerprint density at radius 1 is 0.700 bits per heavy atom. The van der Waals surface area contributed by atoms with Crippen molar-refractivity contribution < 1.29 is 0 Å². The molecular formula is C20H36. The summed E-state index contributed by atoms with van der Waals surface area (Å²) in [4.78, 5) is 0. The number of rotatable bonds is 12. The Bertz CT molecular complexity index is 240. The van der Waals surface area contributed by atoms with Gasteiger partial charge in [0.2, 0.25) is 0 Å². The lowest BCUT2D eigenvalue weighted by molar-refractivity contribution is 0.318. The van der Waals surface area contributed by atoms with Crippen LogP contribution < -0.4 is 0 Å². The van der Waals surface area contributed by atoms with Crippen molar-refractivity contribution in [1.82, 2.24) is 0 Å². The molecule has 0 aromatic rings. The van der Waals surface area contributed by atoms with Crippen LogP contribution in [0.25, 0.3) is 0 Å². The summed E-state index contributed by atoms with van der Waals surface area (Å²) in [6, 6.07) is 0. The molecule has 0 rings (SSSR count). The number of hydrogen-bond donors (Lipinski definition) is 0. The topological polar surface area (TPSA) is 0 Å². The lowest BCUT2D eigenvalue weighted by atomic mass is 9.86. The maximum atomic E-state index is 3.96. The lowest BCUT2D eigenvalue weighted by Crippen LogP contribution is -2.08. The molecule has 0 aromatic carbocycles. The molecule has 0 saturated carbocycles. The molecule has 0 fully saturated rings. The molecule has 0 N–H and O–H groups in total. The van der Waals surface area contributed by atoms with E-state index in [0.717, 1.165) is 43.9 Å². The average Bonchev–Trinajstić information content (AvgIpc) is 2.43. The van der Waals surface area contributed by atoms with Gasteiger partial charge >= 0.3 is 0 Å². The van der Waals surface area contributed by atoms with E-state index in [4.69, 9.17) is 0 Å². The van der Waals surface area contributed by atoms with Crippen LogP contribution in [0.3, 0.4) is 0 Å². The van der Waals surface area contributed by atoms with Gasteiger partial charge in [0, 0.05) is 12.8 Å². The normalized spacial score (nSPS) is 12.2. The van der Waals surface area contributed by atoms with Gasteiger partial charge in [0.05, 0.1) is 0 Å². The summed E-state index contributed by atoms with van der Waals surface area (Å²) in [5.41, 5.74) is 0. The van der Waals surface area contributed by atoms with Gasteiger partial charge in [-0.05, 0) is 24.7 Å². The third-order valence-electron chi connectivity index (χ3n) is 4.07. The van der Waals surface area contributed by atoms with Crippen LogP contribution in [0.2, 0.25) is 0 Å². The fourth-order valence-electron chi connectivity index (χ4n) is 2.58. The zero-order chi connectivity index (χ0) is 15.1. The highest BCUT2D eigenvalue weighted by atomic mass is 14.2. The van der Waals surface area contributed by atoms with Crippen molar-refractivity contribution in [3.05, 3.63) is 13.8 Å². The van der Waals surface area contributed by atoms with Crippen LogP contribution in [0.4, 0.5) is 0 Å². The third kappa shape index (κ3) is 12.6. The van der Waals surface area contributed by atoms with Crippen LogP contribution in [0.5, 0.6) is 0 Å². The second-order valence-electron chi connectivity index (χ2n) is 6.26. The van der Waals surface area contributed by atoms with Gasteiger partial charge in [-0.15, -0.1) is 11.8 Å². The Labute approximate surface area is 129 Å². The van der Waals surface area contributed by atoms with Crippen LogP contribution in [0.15, 0.2) is 0 Å². The molecule has 0 nitrogen and oxygen atoms in total. The van der Waals surface area contributed by atoms with E-state index >= 15 is 0 Å². The Hall–Kier alpha value is -0.440. The molecule has 0 heterocycles. The molecule has 1 atom stereocenters. The van der Waals surface area contributed by atoms with Crippen molar-refractivity contribution >= 4 is 0 Å². The van der Waals surface area contributed by atoms with E-state index in [-0.39, 0.29) is 0 Å². The SMILES string of the molecule is [CH2]CCCC#CCCCCCCC(CCC[CH2])C(C)C. The average molecular weight is 277 g/mol. The third-order valence-corrected chi connectivity index (χ3v) is 4.07. The largest absolute Gasteiger partial charge is 0.103 e. The van der Waals surface area contributed by atoms with Gasteiger partial charge < -0.3 is 0 Å². The van der Waals surface area contributed by atoms with Gasteiger partial charge in [0.25, 0.3) is 0 Å². The number of unbranched alkanes of at least 4 members (excludes halogenated alkanes) is 7. The zero-order valence-electron chi connectivity index (χ0n) is 14.1. The standard InChI is InChI=1S/C20H36/c1-5-7-9-10-11-12-13-14-15-16-18-20(19(3)4)17-8-6-2/h19-20H,1-2,5-9,12-18H2,3-4H3. The van der Waals surface area contributed by atoms with Crippen LogP contribution in [-0.2, 0) is 0 Å². The summed E-state index contributed by atoms with van der Waals surface area (Å²) in [5.74, 6) is 8.27. The molecule has 20 heavy (non-hydrogen) atoms. The Balaban J connectivity index is 3.46. The van der Waals surface area contributed by atoms with Gasteiger partial charge in [0.15, 0.2) is 0 Å². The van der Waals surface area contributed by atoms with Crippen LogP contribution in [0.1, 0.15) is 90.9 Å². The lowest BCUT2D eigenvalue weighted by Gasteiger charge is -2.20. The van der Waals surface area contributed by atoms with Gasteiger partial charge in [-0.25, -0.2) is 0 Å². The molecule has 0 aliphatic rings. The van der Waals surface area contributed by atoms with E-state index in [9.17, 15) is 0 Å². The molecule has 0 saturated heterocycles. The molecule has 0 heteroatoms. The predicted octanol–water partition coefficient (Wildman–Crippen LogP) is 6.61. The van der Waals surface area contributed by atoms with Gasteiger partial charge in [-0.1, -0.05) is 79.1 Å². The second kappa shape index (κ2) is 15.0. The van der Waals surface area contributed by atoms with Crippen LogP contribution >= 0.6 is 0 Å². The first kappa shape index (κ1) is 19.6. The van der Waals surface area contributed by atoms with E-state index in [2.05, 4.69) is 39.5 Å². The van der Waals surface area contributed by atoms with E-state index in [1.165, 1.54) is 44.9 Å². The maximum Gasteiger partial charge on any atom is 0.00886 e. The Kier molecular flexibility index (Phi) is 14.6. The summed E-state index contributed by atoms with van der Waals surface area (Å²) >= 11 is 0. The van der Waals surface area contributed by atoms with Gasteiger partial charge in [0.1, 0.15) is 0 Å². The highest BCUT2D eigenvalue weighted by Gasteiger charge is 2.11. The van der Waals surface area contributed by atoms with Crippen molar-refractivity contribution in [2.24, 2.45) is 11.8 Å². The van der Waals surface area contributed by atoms with Crippen molar-refractivity contribution in [3.63, 3.8) is 0 Å². The first-order valence-electron chi connectivity index (χ1n) is 8.76. The Morgan fingerprint density at radius 3 is 1.85 bits per heavy atom. The molecule has 2 radical (unpaired) electrons. The summed E-state index contributed by atoms with van der Waals surface area (Å²) in [7, 11) is 0. The van der Waals surface area contributed by atoms with Crippen LogP contribution in [0, 0.1) is 37.5 Å². The molecule has 0 amide bonds. The van der Waals surface area contributed by atoms with E-state index in [1.54, 1.807) is 0 Å². The minimum Gasteiger partial charge on any atom is -0.103 e. The first-order chi connectivity index (χ1) is 9.72. The molecule has 116 valence electrons. The monoisotopic (exact) mass is 276 g/mol. The molecule has 0 aliphatic heterocycles. The Morgan fingerprint density at radius 2 is 1.25 bits per heavy atom.